The molecule has 1 aromatic carbocycles. The minimum atomic E-state index is -0.141. The molecule has 0 aromatic heterocycles. The Kier molecular flexibility index (Phi) is 6.34. The van der Waals surface area contributed by atoms with Crippen LogP contribution in [0.25, 0.3) is 0 Å². The monoisotopic (exact) mass is 251 g/mol. The van der Waals surface area contributed by atoms with Crippen LogP contribution in [-0.2, 0) is 6.42 Å². The van der Waals surface area contributed by atoms with Crippen molar-refractivity contribution < 1.29 is 4.39 Å². The topological polar surface area (TPSA) is 12.0 Å². The molecule has 0 spiro atoms. The van der Waals surface area contributed by atoms with Crippen molar-refractivity contribution in [2.75, 3.05) is 0 Å². The fourth-order valence-corrected chi connectivity index (χ4v) is 2.32. The maximum Gasteiger partial charge on any atom is 0.123 e. The van der Waals surface area contributed by atoms with Crippen LogP contribution in [0.1, 0.15) is 51.2 Å². The summed E-state index contributed by atoms with van der Waals surface area (Å²) in [5.41, 5.74) is 2.31. The largest absolute Gasteiger partial charge is 0.311 e. The van der Waals surface area contributed by atoms with E-state index < -0.39 is 0 Å². The Bertz CT molecular complexity index is 360. The van der Waals surface area contributed by atoms with Crippen LogP contribution < -0.4 is 5.32 Å². The van der Waals surface area contributed by atoms with Crippen LogP contribution in [0.2, 0.25) is 0 Å². The SMILES string of the molecule is CCCCC(Cc1ccc(F)cc1C)NC(C)C. The van der Waals surface area contributed by atoms with Crippen molar-refractivity contribution in [3.8, 4) is 0 Å². The lowest BCUT2D eigenvalue weighted by atomic mass is 9.97. The lowest BCUT2D eigenvalue weighted by molar-refractivity contribution is 0.424. The van der Waals surface area contributed by atoms with Gasteiger partial charge in [0.15, 0.2) is 0 Å². The van der Waals surface area contributed by atoms with Crippen molar-refractivity contribution in [2.45, 2.75) is 65.5 Å². The first kappa shape index (κ1) is 15.2. The third-order valence-corrected chi connectivity index (χ3v) is 3.25. The number of aryl methyl sites for hydroxylation is 1. The predicted molar refractivity (Wildman–Crippen MR) is 76.4 cm³/mol. The van der Waals surface area contributed by atoms with Gasteiger partial charge < -0.3 is 5.32 Å². The second-order valence-electron chi connectivity index (χ2n) is 5.44. The van der Waals surface area contributed by atoms with Crippen molar-refractivity contribution in [1.29, 1.82) is 0 Å². The van der Waals surface area contributed by atoms with Gasteiger partial charge in [0.05, 0.1) is 0 Å². The van der Waals surface area contributed by atoms with Gasteiger partial charge in [-0.25, -0.2) is 4.39 Å². The zero-order valence-electron chi connectivity index (χ0n) is 12.1. The van der Waals surface area contributed by atoms with Crippen LogP contribution in [-0.4, -0.2) is 12.1 Å². The maximum atomic E-state index is 13.1. The number of halogens is 1. The van der Waals surface area contributed by atoms with E-state index in [-0.39, 0.29) is 5.82 Å². The minimum Gasteiger partial charge on any atom is -0.311 e. The van der Waals surface area contributed by atoms with Crippen LogP contribution in [0.5, 0.6) is 0 Å². The molecule has 0 fully saturated rings. The Hall–Kier alpha value is -0.890. The average Bonchev–Trinajstić information content (AvgIpc) is 2.29. The molecule has 0 aliphatic heterocycles. The molecule has 0 aliphatic carbocycles. The van der Waals surface area contributed by atoms with Crippen LogP contribution >= 0.6 is 0 Å². The molecule has 1 unspecified atom stereocenters. The fraction of sp³-hybridized carbons (Fsp3) is 0.625. The van der Waals surface area contributed by atoms with Crippen molar-refractivity contribution in [2.24, 2.45) is 0 Å². The van der Waals surface area contributed by atoms with Gasteiger partial charge in [-0.15, -0.1) is 0 Å². The van der Waals surface area contributed by atoms with Gasteiger partial charge in [0.2, 0.25) is 0 Å². The highest BCUT2D eigenvalue weighted by Crippen LogP contribution is 2.15. The highest BCUT2D eigenvalue weighted by molar-refractivity contribution is 5.27. The summed E-state index contributed by atoms with van der Waals surface area (Å²) in [6, 6.07) is 6.10. The molecule has 0 radical (unpaired) electrons. The van der Waals surface area contributed by atoms with E-state index in [4.69, 9.17) is 0 Å². The summed E-state index contributed by atoms with van der Waals surface area (Å²) in [7, 11) is 0. The third kappa shape index (κ3) is 5.18. The molecular weight excluding hydrogens is 225 g/mol. The van der Waals surface area contributed by atoms with E-state index >= 15 is 0 Å². The Balaban J connectivity index is 2.68. The van der Waals surface area contributed by atoms with Crippen LogP contribution in [0.4, 0.5) is 4.39 Å². The zero-order valence-corrected chi connectivity index (χ0v) is 12.1. The van der Waals surface area contributed by atoms with E-state index in [2.05, 4.69) is 26.1 Å². The molecule has 0 saturated carbocycles. The van der Waals surface area contributed by atoms with Crippen molar-refractivity contribution >= 4 is 0 Å². The van der Waals surface area contributed by atoms with E-state index in [0.717, 1.165) is 12.0 Å². The fourth-order valence-electron chi connectivity index (χ4n) is 2.32. The first-order valence-corrected chi connectivity index (χ1v) is 7.04. The molecule has 2 heteroatoms. The number of benzene rings is 1. The van der Waals surface area contributed by atoms with Gasteiger partial charge in [0.1, 0.15) is 5.82 Å². The highest BCUT2D eigenvalue weighted by atomic mass is 19.1. The van der Waals surface area contributed by atoms with Gasteiger partial charge in [-0.05, 0) is 43.0 Å². The van der Waals surface area contributed by atoms with Gasteiger partial charge in [0, 0.05) is 12.1 Å². The lowest BCUT2D eigenvalue weighted by Crippen LogP contribution is -2.36. The summed E-state index contributed by atoms with van der Waals surface area (Å²) >= 11 is 0. The van der Waals surface area contributed by atoms with Crippen LogP contribution in [0, 0.1) is 12.7 Å². The normalized spacial score (nSPS) is 13.0. The van der Waals surface area contributed by atoms with E-state index in [1.165, 1.54) is 24.8 Å². The Morgan fingerprint density at radius 3 is 2.56 bits per heavy atom. The first-order chi connectivity index (χ1) is 8.52. The van der Waals surface area contributed by atoms with Gasteiger partial charge >= 0.3 is 0 Å². The van der Waals surface area contributed by atoms with Gasteiger partial charge in [-0.3, -0.25) is 0 Å². The standard InChI is InChI=1S/C16H26FN/c1-5-6-7-16(18-12(2)3)11-14-8-9-15(17)10-13(14)4/h8-10,12,16,18H,5-7,11H2,1-4H3. The van der Waals surface area contributed by atoms with E-state index in [1.54, 1.807) is 12.1 Å². The molecule has 1 N–H and O–H groups in total. The zero-order chi connectivity index (χ0) is 13.5. The molecule has 102 valence electrons. The Morgan fingerprint density at radius 2 is 2.00 bits per heavy atom. The first-order valence-electron chi connectivity index (χ1n) is 7.04. The summed E-state index contributed by atoms with van der Waals surface area (Å²) in [5.74, 6) is -0.141. The van der Waals surface area contributed by atoms with Crippen LogP contribution in [0.3, 0.4) is 0 Å². The molecule has 0 aliphatic rings. The molecule has 1 atom stereocenters. The Morgan fingerprint density at radius 1 is 1.28 bits per heavy atom. The number of hydrogen-bond donors (Lipinski definition) is 1. The molecule has 18 heavy (non-hydrogen) atoms. The van der Waals surface area contributed by atoms with E-state index in [1.807, 2.05) is 13.0 Å². The number of unbranched alkanes of at least 4 members (excludes halogenated alkanes) is 1. The van der Waals surface area contributed by atoms with Crippen LogP contribution in [0.15, 0.2) is 18.2 Å². The smallest absolute Gasteiger partial charge is 0.123 e. The summed E-state index contributed by atoms with van der Waals surface area (Å²) < 4.78 is 13.1. The quantitative estimate of drug-likeness (QED) is 0.764. The molecule has 1 aromatic rings. The molecule has 0 bridgehead atoms. The lowest BCUT2D eigenvalue weighted by Gasteiger charge is -2.22. The second-order valence-corrected chi connectivity index (χ2v) is 5.44. The maximum absolute atomic E-state index is 13.1. The van der Waals surface area contributed by atoms with Gasteiger partial charge in [-0.1, -0.05) is 39.7 Å². The van der Waals surface area contributed by atoms with E-state index in [0.29, 0.717) is 12.1 Å². The molecule has 0 saturated heterocycles. The third-order valence-electron chi connectivity index (χ3n) is 3.25. The minimum absolute atomic E-state index is 0.141. The molecule has 1 nitrogen and oxygen atoms in total. The van der Waals surface area contributed by atoms with Crippen molar-refractivity contribution in [3.05, 3.63) is 35.1 Å². The average molecular weight is 251 g/mol. The number of rotatable bonds is 7. The highest BCUT2D eigenvalue weighted by Gasteiger charge is 2.12. The summed E-state index contributed by atoms with van der Waals surface area (Å²) in [6.07, 6.45) is 4.64. The van der Waals surface area contributed by atoms with Crippen molar-refractivity contribution in [3.63, 3.8) is 0 Å². The molecular formula is C16H26FN. The van der Waals surface area contributed by atoms with E-state index in [9.17, 15) is 4.39 Å². The summed E-state index contributed by atoms with van der Waals surface area (Å²) in [6.45, 7) is 8.56. The van der Waals surface area contributed by atoms with Gasteiger partial charge in [0.25, 0.3) is 0 Å². The predicted octanol–water partition coefficient (Wildman–Crippen LogP) is 4.23. The number of nitrogens with one attached hydrogen (secondary N) is 1. The second kappa shape index (κ2) is 7.52. The molecule has 0 amide bonds. The van der Waals surface area contributed by atoms with Crippen molar-refractivity contribution in [1.82, 2.24) is 5.32 Å². The number of hydrogen-bond acceptors (Lipinski definition) is 1. The molecule has 0 heterocycles. The summed E-state index contributed by atoms with van der Waals surface area (Å²) in [4.78, 5) is 0. The summed E-state index contributed by atoms with van der Waals surface area (Å²) in [5, 5.41) is 3.61. The Labute approximate surface area is 111 Å². The van der Waals surface area contributed by atoms with Gasteiger partial charge in [-0.2, -0.15) is 0 Å². The molecule has 1 rings (SSSR count).